The highest BCUT2D eigenvalue weighted by molar-refractivity contribution is 5.76. The number of aryl methyl sites for hydroxylation is 2. The number of alkyl carbamates (subject to hydrolysis) is 1. The summed E-state index contributed by atoms with van der Waals surface area (Å²) in [5, 5.41) is 2.72. The van der Waals surface area contributed by atoms with Crippen molar-refractivity contribution in [3.63, 3.8) is 0 Å². The second kappa shape index (κ2) is 13.9. The highest BCUT2D eigenvalue weighted by Crippen LogP contribution is 2.43. The van der Waals surface area contributed by atoms with Crippen molar-refractivity contribution in [2.24, 2.45) is 0 Å². The minimum Gasteiger partial charge on any atom is -0.466 e. The van der Waals surface area contributed by atoms with Crippen LogP contribution in [0.3, 0.4) is 0 Å². The zero-order chi connectivity index (χ0) is 29.4. The van der Waals surface area contributed by atoms with Gasteiger partial charge in [-0.3, -0.25) is 4.79 Å². The number of halogens is 2. The van der Waals surface area contributed by atoms with Crippen molar-refractivity contribution in [1.29, 1.82) is 0 Å². The Kier molecular flexibility index (Phi) is 10.9. The molecule has 0 heterocycles. The molecule has 2 aromatic rings. The number of rotatable bonds is 12. The zero-order valence-corrected chi connectivity index (χ0v) is 24.5. The third kappa shape index (κ3) is 8.39. The fourth-order valence-electron chi connectivity index (χ4n) is 5.19. The molecule has 0 spiro atoms. The zero-order valence-electron chi connectivity index (χ0n) is 24.5. The van der Waals surface area contributed by atoms with Crippen LogP contribution in [0.25, 0.3) is 11.1 Å². The average molecular weight is 556 g/mol. The van der Waals surface area contributed by atoms with Crippen molar-refractivity contribution < 1.29 is 27.8 Å². The first-order valence-electron chi connectivity index (χ1n) is 14.3. The first-order chi connectivity index (χ1) is 18.9. The number of hydrogen-bond acceptors (Lipinski definition) is 4. The predicted octanol–water partition coefficient (Wildman–Crippen LogP) is 8.63. The summed E-state index contributed by atoms with van der Waals surface area (Å²) in [5.74, 6) is -1.26. The maximum atomic E-state index is 16.3. The fourth-order valence-corrected chi connectivity index (χ4v) is 5.19. The summed E-state index contributed by atoms with van der Waals surface area (Å²) in [7, 11) is 0. The van der Waals surface area contributed by atoms with Crippen LogP contribution in [0.1, 0.15) is 107 Å². The Morgan fingerprint density at radius 1 is 1.15 bits per heavy atom. The van der Waals surface area contributed by atoms with E-state index in [1.54, 1.807) is 39.8 Å². The Morgan fingerprint density at radius 3 is 2.48 bits per heavy atom. The van der Waals surface area contributed by atoms with Gasteiger partial charge < -0.3 is 14.8 Å². The molecule has 2 aromatic carbocycles. The molecule has 3 rings (SSSR count). The van der Waals surface area contributed by atoms with Gasteiger partial charge in [-0.2, -0.15) is 0 Å². The van der Waals surface area contributed by atoms with Crippen LogP contribution in [-0.4, -0.2) is 24.3 Å². The summed E-state index contributed by atoms with van der Waals surface area (Å²) in [6.07, 6.45) is 6.92. The molecule has 7 heteroatoms. The Labute approximate surface area is 237 Å². The van der Waals surface area contributed by atoms with E-state index in [4.69, 9.17) is 9.47 Å². The van der Waals surface area contributed by atoms with E-state index in [1.807, 2.05) is 19.1 Å². The molecule has 0 unspecified atom stereocenters. The van der Waals surface area contributed by atoms with Crippen molar-refractivity contribution in [1.82, 2.24) is 5.32 Å². The van der Waals surface area contributed by atoms with Gasteiger partial charge in [-0.15, -0.1) is 6.58 Å². The number of unbranched alkanes of at least 4 members (excludes halogenated alkanes) is 2. The van der Waals surface area contributed by atoms with E-state index in [1.165, 1.54) is 6.07 Å². The van der Waals surface area contributed by atoms with Crippen LogP contribution in [-0.2, 0) is 20.7 Å². The second-order valence-electron chi connectivity index (χ2n) is 11.6. The largest absolute Gasteiger partial charge is 0.466 e. The number of amides is 1. The summed E-state index contributed by atoms with van der Waals surface area (Å²) in [4.78, 5) is 25.4. The molecule has 1 amide bonds. The molecule has 0 radical (unpaired) electrons. The van der Waals surface area contributed by atoms with Gasteiger partial charge in [0.2, 0.25) is 0 Å². The van der Waals surface area contributed by atoms with Crippen LogP contribution in [0.15, 0.2) is 36.9 Å². The fraction of sp³-hybridized carbons (Fsp3) is 0.515. The lowest BCUT2D eigenvalue weighted by Crippen LogP contribution is -2.36. The minimum atomic E-state index is -1.01. The van der Waals surface area contributed by atoms with Crippen LogP contribution in [0.2, 0.25) is 0 Å². The number of nitrogens with one attached hydrogen (secondary N) is 1. The number of benzene rings is 2. The molecule has 0 bridgehead atoms. The van der Waals surface area contributed by atoms with E-state index in [-0.39, 0.29) is 30.3 Å². The Morgan fingerprint density at radius 2 is 1.88 bits per heavy atom. The van der Waals surface area contributed by atoms with E-state index in [0.29, 0.717) is 12.0 Å². The Hall–Kier alpha value is -3.22. The predicted molar refractivity (Wildman–Crippen MR) is 154 cm³/mol. The molecule has 0 aromatic heterocycles. The molecule has 0 aliphatic heterocycles. The number of carbonyl (C=O) groups is 2. The molecule has 1 aliphatic carbocycles. The van der Waals surface area contributed by atoms with E-state index >= 15 is 4.39 Å². The summed E-state index contributed by atoms with van der Waals surface area (Å²) in [5.41, 5.74) is 3.17. The third-order valence-electron chi connectivity index (χ3n) is 7.19. The maximum Gasteiger partial charge on any atom is 0.408 e. The van der Waals surface area contributed by atoms with Crippen LogP contribution < -0.4 is 5.32 Å². The van der Waals surface area contributed by atoms with Gasteiger partial charge >= 0.3 is 12.1 Å². The molecule has 1 fully saturated rings. The SMILES string of the molecule is C=CCCCCc1cc(F)cc(C)c1-c1cc(C2CCC2)c(F)c([C@H](CC(=O)OCC)NC(=O)OC(C)(C)C)c1. The molecular formula is C33H43F2NO4. The Bertz CT molecular complexity index is 1210. The Balaban J connectivity index is 2.15. The smallest absolute Gasteiger partial charge is 0.408 e. The van der Waals surface area contributed by atoms with E-state index in [2.05, 4.69) is 11.9 Å². The van der Waals surface area contributed by atoms with Gasteiger partial charge in [-0.1, -0.05) is 12.5 Å². The first kappa shape index (κ1) is 31.3. The topological polar surface area (TPSA) is 64.6 Å². The molecule has 40 heavy (non-hydrogen) atoms. The van der Waals surface area contributed by atoms with Gasteiger partial charge in [0.15, 0.2) is 0 Å². The molecule has 0 saturated heterocycles. The second-order valence-corrected chi connectivity index (χ2v) is 11.6. The monoisotopic (exact) mass is 555 g/mol. The van der Waals surface area contributed by atoms with Gasteiger partial charge in [0.05, 0.1) is 19.1 Å². The quantitative estimate of drug-likeness (QED) is 0.162. The first-order valence-corrected chi connectivity index (χ1v) is 14.3. The van der Waals surface area contributed by atoms with Gasteiger partial charge in [0.25, 0.3) is 0 Å². The molecule has 1 N–H and O–H groups in total. The van der Waals surface area contributed by atoms with Crippen molar-refractivity contribution in [3.8, 4) is 11.1 Å². The van der Waals surface area contributed by atoms with Crippen LogP contribution in [0.5, 0.6) is 0 Å². The van der Waals surface area contributed by atoms with E-state index < -0.39 is 29.5 Å². The number of hydrogen-bond donors (Lipinski definition) is 1. The summed E-state index contributed by atoms with van der Waals surface area (Å²) < 4.78 is 41.4. The molecule has 1 saturated carbocycles. The van der Waals surface area contributed by atoms with Gasteiger partial charge in [0.1, 0.15) is 17.2 Å². The van der Waals surface area contributed by atoms with Crippen molar-refractivity contribution >= 4 is 12.1 Å². The number of esters is 1. The van der Waals surface area contributed by atoms with Crippen molar-refractivity contribution in [2.45, 2.75) is 104 Å². The van der Waals surface area contributed by atoms with Crippen LogP contribution >= 0.6 is 0 Å². The van der Waals surface area contributed by atoms with Crippen molar-refractivity contribution in [2.75, 3.05) is 6.61 Å². The number of allylic oxidation sites excluding steroid dienone is 1. The van der Waals surface area contributed by atoms with Crippen molar-refractivity contribution in [3.05, 3.63) is 70.8 Å². The van der Waals surface area contributed by atoms with Gasteiger partial charge in [-0.05, 0) is 131 Å². The highest BCUT2D eigenvalue weighted by atomic mass is 19.1. The lowest BCUT2D eigenvalue weighted by Gasteiger charge is -2.30. The standard InChI is InChI=1S/C33H43F2NO4/c1-7-9-10-11-13-23-17-25(34)16-21(3)30(23)24-18-26(22-14-12-15-22)31(35)27(19-24)28(20-29(37)39-8-2)36-32(38)40-33(4,5)6/h7,16-19,22,28H,1,8-15,20H2,2-6H3,(H,36,38)/t28-/m0/s1. The summed E-state index contributed by atoms with van der Waals surface area (Å²) in [6, 6.07) is 5.59. The summed E-state index contributed by atoms with van der Waals surface area (Å²) >= 11 is 0. The lowest BCUT2D eigenvalue weighted by atomic mass is 9.77. The summed E-state index contributed by atoms with van der Waals surface area (Å²) in [6.45, 7) is 12.7. The molecular weight excluding hydrogens is 512 g/mol. The third-order valence-corrected chi connectivity index (χ3v) is 7.19. The molecule has 218 valence electrons. The van der Waals surface area contributed by atoms with Crippen LogP contribution in [0, 0.1) is 18.6 Å². The maximum absolute atomic E-state index is 16.3. The molecule has 5 nitrogen and oxygen atoms in total. The van der Waals surface area contributed by atoms with E-state index in [9.17, 15) is 14.0 Å². The average Bonchev–Trinajstić information content (AvgIpc) is 2.80. The minimum absolute atomic E-state index is 0.0419. The highest BCUT2D eigenvalue weighted by Gasteiger charge is 2.31. The normalized spacial score (nSPS) is 14.3. The molecule has 1 aliphatic rings. The lowest BCUT2D eigenvalue weighted by molar-refractivity contribution is -0.143. The van der Waals surface area contributed by atoms with Gasteiger partial charge in [0, 0.05) is 5.56 Å². The molecule has 1 atom stereocenters. The van der Waals surface area contributed by atoms with Gasteiger partial charge in [-0.25, -0.2) is 13.6 Å². The number of carbonyl (C=O) groups excluding carboxylic acids is 2. The van der Waals surface area contributed by atoms with Crippen LogP contribution in [0.4, 0.5) is 13.6 Å². The number of ether oxygens (including phenoxy) is 2. The van der Waals surface area contributed by atoms with E-state index in [0.717, 1.165) is 60.8 Å².